The first-order valence-electron chi connectivity index (χ1n) is 8.00. The van der Waals surface area contributed by atoms with Crippen molar-refractivity contribution in [3.05, 3.63) is 70.9 Å². The van der Waals surface area contributed by atoms with Crippen molar-refractivity contribution in [2.45, 2.75) is 20.8 Å². The molecule has 0 aliphatic carbocycles. The average Bonchev–Trinajstić information content (AvgIpc) is 2.58. The lowest BCUT2D eigenvalue weighted by molar-refractivity contribution is 1.11. The van der Waals surface area contributed by atoms with Crippen LogP contribution in [0.3, 0.4) is 0 Å². The van der Waals surface area contributed by atoms with Crippen LogP contribution in [0.4, 0.5) is 23.1 Å². The minimum absolute atomic E-state index is 0.512. The minimum atomic E-state index is 0.512. The van der Waals surface area contributed by atoms with Crippen molar-refractivity contribution in [1.29, 1.82) is 5.26 Å². The molecule has 0 bridgehead atoms. The molecule has 2 aromatic carbocycles. The molecule has 3 aromatic rings. The van der Waals surface area contributed by atoms with E-state index in [1.807, 2.05) is 25.1 Å². The van der Waals surface area contributed by atoms with Crippen molar-refractivity contribution in [2.24, 2.45) is 0 Å². The van der Waals surface area contributed by atoms with Gasteiger partial charge in [-0.2, -0.15) is 10.2 Å². The van der Waals surface area contributed by atoms with Gasteiger partial charge in [0, 0.05) is 23.1 Å². The van der Waals surface area contributed by atoms with Crippen molar-refractivity contribution in [2.75, 3.05) is 10.6 Å². The zero-order chi connectivity index (χ0) is 17.8. The van der Waals surface area contributed by atoms with Gasteiger partial charge in [-0.1, -0.05) is 12.1 Å². The Kier molecular flexibility index (Phi) is 4.62. The number of rotatable bonds is 4. The SMILES string of the molecule is Cc1ccc(C)c(Nc2cc(C)nc(Nc3ccc(C#N)cc3)n2)c1. The van der Waals surface area contributed by atoms with E-state index >= 15 is 0 Å². The summed E-state index contributed by atoms with van der Waals surface area (Å²) in [5.41, 5.74) is 5.69. The third-order valence-electron chi connectivity index (χ3n) is 3.78. The van der Waals surface area contributed by atoms with Crippen LogP contribution in [0.15, 0.2) is 48.5 Å². The summed E-state index contributed by atoms with van der Waals surface area (Å²) in [6.07, 6.45) is 0. The maximum Gasteiger partial charge on any atom is 0.229 e. The lowest BCUT2D eigenvalue weighted by Gasteiger charge is -2.12. The van der Waals surface area contributed by atoms with Crippen LogP contribution in [0, 0.1) is 32.1 Å². The van der Waals surface area contributed by atoms with Gasteiger partial charge in [-0.25, -0.2) is 4.98 Å². The van der Waals surface area contributed by atoms with E-state index in [1.165, 1.54) is 5.56 Å². The molecule has 0 spiro atoms. The number of nitrogens with one attached hydrogen (secondary N) is 2. The molecule has 0 fully saturated rings. The van der Waals surface area contributed by atoms with Crippen molar-refractivity contribution in [3.63, 3.8) is 0 Å². The number of hydrogen-bond acceptors (Lipinski definition) is 5. The molecule has 5 nitrogen and oxygen atoms in total. The summed E-state index contributed by atoms with van der Waals surface area (Å²) in [6, 6.07) is 17.5. The molecular formula is C20H19N5. The molecule has 2 N–H and O–H groups in total. The number of anilines is 4. The summed E-state index contributed by atoms with van der Waals surface area (Å²) >= 11 is 0. The van der Waals surface area contributed by atoms with Crippen LogP contribution in [0.25, 0.3) is 0 Å². The van der Waals surface area contributed by atoms with E-state index < -0.39 is 0 Å². The fraction of sp³-hybridized carbons (Fsp3) is 0.150. The van der Waals surface area contributed by atoms with Crippen molar-refractivity contribution >= 4 is 23.1 Å². The molecule has 1 aromatic heterocycles. The van der Waals surface area contributed by atoms with Crippen LogP contribution in [0.2, 0.25) is 0 Å². The van der Waals surface area contributed by atoms with Crippen molar-refractivity contribution < 1.29 is 0 Å². The highest BCUT2D eigenvalue weighted by Crippen LogP contribution is 2.22. The molecule has 0 saturated carbocycles. The molecular weight excluding hydrogens is 310 g/mol. The second kappa shape index (κ2) is 7.02. The van der Waals surface area contributed by atoms with Crippen LogP contribution < -0.4 is 10.6 Å². The fourth-order valence-electron chi connectivity index (χ4n) is 2.45. The standard InChI is InChI=1S/C20H19N5/c1-13-4-5-14(2)18(10-13)24-19-11-15(3)22-20(25-19)23-17-8-6-16(12-21)7-9-17/h4-11H,1-3H3,(H2,22,23,24,25). The van der Waals surface area contributed by atoms with E-state index in [2.05, 4.69) is 58.7 Å². The highest BCUT2D eigenvalue weighted by atomic mass is 15.1. The lowest BCUT2D eigenvalue weighted by Crippen LogP contribution is -2.03. The smallest absolute Gasteiger partial charge is 0.229 e. The van der Waals surface area contributed by atoms with E-state index in [1.54, 1.807) is 12.1 Å². The molecule has 0 aliphatic rings. The summed E-state index contributed by atoms with van der Waals surface area (Å²) in [6.45, 7) is 6.05. The largest absolute Gasteiger partial charge is 0.340 e. The van der Waals surface area contributed by atoms with Crippen LogP contribution in [-0.4, -0.2) is 9.97 Å². The maximum atomic E-state index is 8.87. The Morgan fingerprint density at radius 3 is 2.36 bits per heavy atom. The van der Waals surface area contributed by atoms with E-state index in [9.17, 15) is 0 Å². The number of hydrogen-bond donors (Lipinski definition) is 2. The summed E-state index contributed by atoms with van der Waals surface area (Å²) in [5, 5.41) is 15.4. The fourth-order valence-corrected chi connectivity index (χ4v) is 2.45. The molecule has 0 radical (unpaired) electrons. The van der Waals surface area contributed by atoms with E-state index in [4.69, 9.17) is 5.26 Å². The Morgan fingerprint density at radius 1 is 0.880 bits per heavy atom. The van der Waals surface area contributed by atoms with Crippen LogP contribution in [0.5, 0.6) is 0 Å². The Balaban J connectivity index is 1.84. The Hall–Kier alpha value is -3.39. The zero-order valence-electron chi connectivity index (χ0n) is 14.5. The predicted molar refractivity (Wildman–Crippen MR) is 100 cm³/mol. The van der Waals surface area contributed by atoms with Gasteiger partial charge in [-0.05, 0) is 62.2 Å². The molecule has 0 aliphatic heterocycles. The number of benzene rings is 2. The van der Waals surface area contributed by atoms with Gasteiger partial charge in [0.1, 0.15) is 5.82 Å². The number of aryl methyl sites for hydroxylation is 3. The molecule has 0 unspecified atom stereocenters. The third-order valence-corrected chi connectivity index (χ3v) is 3.78. The highest BCUT2D eigenvalue weighted by Gasteiger charge is 2.05. The first-order valence-corrected chi connectivity index (χ1v) is 8.00. The highest BCUT2D eigenvalue weighted by molar-refractivity contribution is 5.63. The first-order chi connectivity index (χ1) is 12.0. The van der Waals surface area contributed by atoms with Gasteiger partial charge in [0.05, 0.1) is 11.6 Å². The molecule has 0 saturated heterocycles. The predicted octanol–water partition coefficient (Wildman–Crippen LogP) is 4.76. The second-order valence-corrected chi connectivity index (χ2v) is 5.98. The molecule has 0 atom stereocenters. The maximum absolute atomic E-state index is 8.87. The Bertz CT molecular complexity index is 939. The number of aromatic nitrogens is 2. The quantitative estimate of drug-likeness (QED) is 0.722. The summed E-state index contributed by atoms with van der Waals surface area (Å²) in [7, 11) is 0. The molecule has 1 heterocycles. The third kappa shape index (κ3) is 4.12. The average molecular weight is 329 g/mol. The first kappa shape index (κ1) is 16.5. The van der Waals surface area contributed by atoms with E-state index in [0.29, 0.717) is 11.5 Å². The Morgan fingerprint density at radius 2 is 1.64 bits per heavy atom. The van der Waals surface area contributed by atoms with Crippen LogP contribution >= 0.6 is 0 Å². The summed E-state index contributed by atoms with van der Waals surface area (Å²) < 4.78 is 0. The van der Waals surface area contributed by atoms with Gasteiger partial charge in [-0.3, -0.25) is 0 Å². The molecule has 3 rings (SSSR count). The molecule has 0 amide bonds. The number of nitrogens with zero attached hydrogens (tertiary/aromatic N) is 3. The second-order valence-electron chi connectivity index (χ2n) is 5.98. The van der Waals surface area contributed by atoms with Gasteiger partial charge in [-0.15, -0.1) is 0 Å². The minimum Gasteiger partial charge on any atom is -0.340 e. The summed E-state index contributed by atoms with van der Waals surface area (Å²) in [4.78, 5) is 8.97. The Labute approximate surface area is 147 Å². The van der Waals surface area contributed by atoms with Crippen molar-refractivity contribution in [1.82, 2.24) is 9.97 Å². The summed E-state index contributed by atoms with van der Waals surface area (Å²) in [5.74, 6) is 1.25. The van der Waals surface area contributed by atoms with Crippen molar-refractivity contribution in [3.8, 4) is 6.07 Å². The van der Waals surface area contributed by atoms with Gasteiger partial charge in [0.2, 0.25) is 5.95 Å². The van der Waals surface area contributed by atoms with Gasteiger partial charge in [0.25, 0.3) is 0 Å². The van der Waals surface area contributed by atoms with Gasteiger partial charge >= 0.3 is 0 Å². The molecule has 5 heteroatoms. The monoisotopic (exact) mass is 329 g/mol. The molecule has 25 heavy (non-hydrogen) atoms. The van der Waals surface area contributed by atoms with Crippen LogP contribution in [-0.2, 0) is 0 Å². The van der Waals surface area contributed by atoms with E-state index in [0.717, 1.165) is 28.5 Å². The lowest BCUT2D eigenvalue weighted by atomic mass is 10.1. The topological polar surface area (TPSA) is 73.6 Å². The van der Waals surface area contributed by atoms with Gasteiger partial charge < -0.3 is 10.6 Å². The zero-order valence-corrected chi connectivity index (χ0v) is 14.5. The number of nitriles is 1. The normalized spacial score (nSPS) is 10.2. The molecule has 124 valence electrons. The van der Waals surface area contributed by atoms with Gasteiger partial charge in [0.15, 0.2) is 0 Å². The van der Waals surface area contributed by atoms with Crippen LogP contribution in [0.1, 0.15) is 22.4 Å². The van der Waals surface area contributed by atoms with E-state index in [-0.39, 0.29) is 0 Å².